The molecule has 2 aromatic carbocycles. The molecule has 0 aliphatic carbocycles. The van der Waals surface area contributed by atoms with Gasteiger partial charge in [0, 0.05) is 16.1 Å². The maximum atomic E-state index is 13.4. The molecule has 4 rings (SSSR count). The largest absolute Gasteiger partial charge is 0.493 e. The maximum absolute atomic E-state index is 13.4. The first-order valence-corrected chi connectivity index (χ1v) is 10.8. The van der Waals surface area contributed by atoms with Gasteiger partial charge in [0.1, 0.15) is 0 Å². The predicted octanol–water partition coefficient (Wildman–Crippen LogP) is 5.57. The monoisotopic (exact) mass is 491 g/mol. The summed E-state index contributed by atoms with van der Waals surface area (Å²) >= 11 is 3.50. The second-order valence-electron chi connectivity index (χ2n) is 7.24. The van der Waals surface area contributed by atoms with Gasteiger partial charge in [-0.05, 0) is 61.0 Å². The molecule has 1 N–H and O–H groups in total. The van der Waals surface area contributed by atoms with Gasteiger partial charge in [0.15, 0.2) is 11.5 Å². The lowest BCUT2D eigenvalue weighted by Gasteiger charge is -2.18. The van der Waals surface area contributed by atoms with Crippen LogP contribution in [0.15, 0.2) is 71.3 Å². The summed E-state index contributed by atoms with van der Waals surface area (Å²) in [5, 5.41) is 3.85. The third-order valence-electron chi connectivity index (χ3n) is 5.20. The van der Waals surface area contributed by atoms with Gasteiger partial charge in [-0.2, -0.15) is 0 Å². The Bertz CT molecular complexity index is 1280. The minimum absolute atomic E-state index is 0.199. The van der Waals surface area contributed by atoms with Crippen LogP contribution >= 0.6 is 15.9 Å². The molecule has 0 saturated carbocycles. The Morgan fingerprint density at radius 1 is 0.969 bits per heavy atom. The van der Waals surface area contributed by atoms with E-state index in [1.807, 2.05) is 61.5 Å². The Labute approximate surface area is 194 Å². The van der Waals surface area contributed by atoms with E-state index in [-0.39, 0.29) is 11.9 Å². The number of pyridine rings is 2. The lowest BCUT2D eigenvalue weighted by Crippen LogP contribution is -2.27. The number of rotatable bonds is 6. The van der Waals surface area contributed by atoms with Crippen LogP contribution in [0, 0.1) is 0 Å². The van der Waals surface area contributed by atoms with E-state index in [1.165, 1.54) is 0 Å². The van der Waals surface area contributed by atoms with Crippen LogP contribution in [0.1, 0.15) is 28.9 Å². The lowest BCUT2D eigenvalue weighted by atomic mass is 10.0. The topological polar surface area (TPSA) is 73.3 Å². The molecule has 32 heavy (non-hydrogen) atoms. The molecule has 0 bridgehead atoms. The van der Waals surface area contributed by atoms with Crippen molar-refractivity contribution in [2.75, 3.05) is 14.2 Å². The lowest BCUT2D eigenvalue weighted by molar-refractivity contribution is 0.0941. The highest BCUT2D eigenvalue weighted by Gasteiger charge is 2.18. The summed E-state index contributed by atoms with van der Waals surface area (Å²) in [4.78, 5) is 22.5. The average Bonchev–Trinajstić information content (AvgIpc) is 2.83. The molecule has 6 nitrogen and oxygen atoms in total. The number of nitrogens with one attached hydrogen (secondary N) is 1. The van der Waals surface area contributed by atoms with Gasteiger partial charge in [0.25, 0.3) is 5.91 Å². The van der Waals surface area contributed by atoms with Gasteiger partial charge in [0.2, 0.25) is 0 Å². The number of ether oxygens (including phenoxy) is 2. The predicted molar refractivity (Wildman–Crippen MR) is 128 cm³/mol. The van der Waals surface area contributed by atoms with Gasteiger partial charge in [0.05, 0.1) is 42.7 Å². The van der Waals surface area contributed by atoms with E-state index in [1.54, 1.807) is 26.5 Å². The number of amides is 1. The number of nitrogens with zero attached hydrogens (tertiary/aromatic N) is 2. The van der Waals surface area contributed by atoms with Crippen molar-refractivity contribution in [2.24, 2.45) is 0 Å². The second-order valence-corrected chi connectivity index (χ2v) is 8.16. The molecule has 2 heterocycles. The van der Waals surface area contributed by atoms with E-state index in [9.17, 15) is 4.79 Å². The summed E-state index contributed by atoms with van der Waals surface area (Å²) in [5.74, 6) is 1.05. The molecule has 7 heteroatoms. The number of benzene rings is 2. The SMILES string of the molecule is COc1ccc([C@@H](C)NC(=O)c2cc(-c3ccccn3)nc3ccc(Br)cc23)cc1OC. The Balaban J connectivity index is 1.72. The van der Waals surface area contributed by atoms with E-state index < -0.39 is 0 Å². The first kappa shape index (κ1) is 21.8. The van der Waals surface area contributed by atoms with Crippen LogP contribution in [0.25, 0.3) is 22.3 Å². The molecule has 0 unspecified atom stereocenters. The highest BCUT2D eigenvalue weighted by atomic mass is 79.9. The third-order valence-corrected chi connectivity index (χ3v) is 5.69. The van der Waals surface area contributed by atoms with Gasteiger partial charge in [-0.3, -0.25) is 9.78 Å². The number of hydrogen-bond acceptors (Lipinski definition) is 5. The van der Waals surface area contributed by atoms with Gasteiger partial charge < -0.3 is 14.8 Å². The number of carbonyl (C=O) groups is 1. The van der Waals surface area contributed by atoms with Gasteiger partial charge in [-0.1, -0.05) is 28.1 Å². The Hall–Kier alpha value is -3.45. The highest BCUT2D eigenvalue weighted by Crippen LogP contribution is 2.31. The summed E-state index contributed by atoms with van der Waals surface area (Å²) in [5.41, 5.74) is 3.51. The Morgan fingerprint density at radius 2 is 1.78 bits per heavy atom. The van der Waals surface area contributed by atoms with Crippen molar-refractivity contribution in [1.82, 2.24) is 15.3 Å². The van der Waals surface area contributed by atoms with Crippen LogP contribution in [-0.4, -0.2) is 30.1 Å². The van der Waals surface area contributed by atoms with Crippen molar-refractivity contribution in [2.45, 2.75) is 13.0 Å². The summed E-state index contributed by atoms with van der Waals surface area (Å²) in [6.45, 7) is 1.93. The quantitative estimate of drug-likeness (QED) is 0.381. The number of fused-ring (bicyclic) bond motifs is 1. The van der Waals surface area contributed by atoms with Crippen molar-refractivity contribution in [1.29, 1.82) is 0 Å². The number of halogens is 1. The molecule has 0 spiro atoms. The molecular formula is C25H22BrN3O3. The normalized spacial score (nSPS) is 11.8. The van der Waals surface area contributed by atoms with Gasteiger partial charge in [-0.25, -0.2) is 4.98 Å². The van der Waals surface area contributed by atoms with E-state index in [2.05, 4.69) is 26.2 Å². The fourth-order valence-electron chi connectivity index (χ4n) is 3.51. The van der Waals surface area contributed by atoms with E-state index in [0.717, 1.165) is 20.9 Å². The molecule has 0 saturated heterocycles. The van der Waals surface area contributed by atoms with Crippen LogP contribution in [-0.2, 0) is 0 Å². The Morgan fingerprint density at radius 3 is 2.50 bits per heavy atom. The second kappa shape index (κ2) is 9.36. The van der Waals surface area contributed by atoms with Crippen LogP contribution in [0.4, 0.5) is 0 Å². The molecule has 4 aromatic rings. The summed E-state index contributed by atoms with van der Waals surface area (Å²) in [6, 6.07) is 18.5. The third kappa shape index (κ3) is 4.43. The fraction of sp³-hybridized carbons (Fsp3) is 0.160. The molecule has 1 amide bonds. The van der Waals surface area contributed by atoms with E-state index in [4.69, 9.17) is 14.5 Å². The molecule has 1 atom stereocenters. The number of hydrogen-bond donors (Lipinski definition) is 1. The van der Waals surface area contributed by atoms with Crippen LogP contribution in [0.2, 0.25) is 0 Å². The molecular weight excluding hydrogens is 470 g/mol. The summed E-state index contributed by atoms with van der Waals surface area (Å²) in [6.07, 6.45) is 1.71. The number of aromatic nitrogens is 2. The van der Waals surface area contributed by atoms with Crippen molar-refractivity contribution in [3.05, 3.63) is 82.5 Å². The summed E-state index contributed by atoms with van der Waals surface area (Å²) < 4.78 is 11.6. The minimum atomic E-state index is -0.254. The zero-order chi connectivity index (χ0) is 22.7. The molecule has 0 radical (unpaired) electrons. The molecule has 0 fully saturated rings. The van der Waals surface area contributed by atoms with Gasteiger partial charge >= 0.3 is 0 Å². The molecule has 0 aliphatic heterocycles. The zero-order valence-corrected chi connectivity index (χ0v) is 19.5. The van der Waals surface area contributed by atoms with Crippen molar-refractivity contribution < 1.29 is 14.3 Å². The number of carbonyl (C=O) groups excluding carboxylic acids is 1. The Kier molecular flexibility index (Phi) is 6.37. The zero-order valence-electron chi connectivity index (χ0n) is 17.9. The highest BCUT2D eigenvalue weighted by molar-refractivity contribution is 9.10. The van der Waals surface area contributed by atoms with Crippen LogP contribution in [0.3, 0.4) is 0 Å². The van der Waals surface area contributed by atoms with Gasteiger partial charge in [-0.15, -0.1) is 0 Å². The number of methoxy groups -OCH3 is 2. The van der Waals surface area contributed by atoms with Crippen molar-refractivity contribution >= 4 is 32.7 Å². The fourth-order valence-corrected chi connectivity index (χ4v) is 3.87. The van der Waals surface area contributed by atoms with E-state index >= 15 is 0 Å². The smallest absolute Gasteiger partial charge is 0.252 e. The minimum Gasteiger partial charge on any atom is -0.493 e. The van der Waals surface area contributed by atoms with Crippen LogP contribution in [0.5, 0.6) is 11.5 Å². The first-order valence-electron chi connectivity index (χ1n) is 10.0. The standard InChI is InChI=1S/C25H22BrN3O3/c1-15(16-7-10-23(31-2)24(12-16)32-3)28-25(30)19-14-22(21-6-4-5-11-27-21)29-20-9-8-17(26)13-18(19)20/h4-15H,1-3H3,(H,28,30)/t15-/m1/s1. The molecule has 0 aliphatic rings. The summed E-state index contributed by atoms with van der Waals surface area (Å²) in [7, 11) is 3.18. The molecule has 2 aromatic heterocycles. The first-order chi connectivity index (χ1) is 15.5. The van der Waals surface area contributed by atoms with Crippen molar-refractivity contribution in [3.8, 4) is 22.9 Å². The van der Waals surface area contributed by atoms with Crippen molar-refractivity contribution in [3.63, 3.8) is 0 Å². The van der Waals surface area contributed by atoms with E-state index in [0.29, 0.717) is 28.5 Å². The maximum Gasteiger partial charge on any atom is 0.252 e. The molecule has 162 valence electrons. The van der Waals surface area contributed by atoms with Crippen LogP contribution < -0.4 is 14.8 Å². The average molecular weight is 492 g/mol.